The summed E-state index contributed by atoms with van der Waals surface area (Å²) >= 11 is 1.39. The largest absolute Gasteiger partial charge is 0.493 e. The number of anilines is 1. The summed E-state index contributed by atoms with van der Waals surface area (Å²) in [5, 5.41) is 12.3. The molecule has 2 aromatic carbocycles. The predicted octanol–water partition coefficient (Wildman–Crippen LogP) is 3.23. The van der Waals surface area contributed by atoms with Gasteiger partial charge in [0.2, 0.25) is 11.9 Å². The van der Waals surface area contributed by atoms with Crippen molar-refractivity contribution in [3.63, 3.8) is 0 Å². The van der Waals surface area contributed by atoms with Gasteiger partial charge in [0.25, 0.3) is 0 Å². The van der Waals surface area contributed by atoms with Crippen LogP contribution >= 0.6 is 11.8 Å². The smallest absolute Gasteiger partial charge is 0.233 e. The Balaban J connectivity index is 1.50. The molecule has 10 heteroatoms. The summed E-state index contributed by atoms with van der Waals surface area (Å²) in [5.74, 6) is 1.96. The number of amides is 1. The maximum absolute atomic E-state index is 12.9. The van der Waals surface area contributed by atoms with Crippen molar-refractivity contribution < 1.29 is 19.0 Å². The zero-order valence-electron chi connectivity index (χ0n) is 20.5. The average Bonchev–Trinajstić information content (AvgIpc) is 3.30. The van der Waals surface area contributed by atoms with E-state index in [4.69, 9.17) is 14.2 Å². The average molecular weight is 498 g/mol. The number of aryl methyl sites for hydroxylation is 1. The molecule has 3 aromatic rings. The fourth-order valence-corrected chi connectivity index (χ4v) is 4.72. The van der Waals surface area contributed by atoms with E-state index in [1.54, 1.807) is 14.2 Å². The minimum Gasteiger partial charge on any atom is -0.493 e. The molecule has 0 bridgehead atoms. The first-order valence-corrected chi connectivity index (χ1v) is 12.4. The lowest BCUT2D eigenvalue weighted by molar-refractivity contribution is -0.120. The van der Waals surface area contributed by atoms with Gasteiger partial charge >= 0.3 is 0 Å². The van der Waals surface area contributed by atoms with Crippen LogP contribution in [0.3, 0.4) is 0 Å². The number of hydrogen-bond acceptors (Lipinski definition) is 8. The van der Waals surface area contributed by atoms with Gasteiger partial charge in [-0.25, -0.2) is 0 Å². The molecule has 1 atom stereocenters. The van der Waals surface area contributed by atoms with Gasteiger partial charge in [-0.1, -0.05) is 30.0 Å². The fraction of sp³-hybridized carbons (Fsp3) is 0.400. The minimum absolute atomic E-state index is 0.0866. The van der Waals surface area contributed by atoms with Crippen LogP contribution in [0.15, 0.2) is 47.6 Å². The molecular formula is C25H31N5O4S. The maximum atomic E-state index is 12.9. The highest BCUT2D eigenvalue weighted by Crippen LogP contribution is 2.30. The topological polar surface area (TPSA) is 90.7 Å². The molecule has 1 fully saturated rings. The molecule has 4 rings (SSSR count). The van der Waals surface area contributed by atoms with E-state index >= 15 is 0 Å². The number of carbonyl (C=O) groups is 1. The van der Waals surface area contributed by atoms with Crippen LogP contribution in [-0.4, -0.2) is 66.4 Å². The third kappa shape index (κ3) is 5.88. The van der Waals surface area contributed by atoms with Crippen molar-refractivity contribution in [1.82, 2.24) is 20.1 Å². The highest BCUT2D eigenvalue weighted by molar-refractivity contribution is 8.00. The first-order chi connectivity index (χ1) is 17.0. The number of hydrogen-bond donors (Lipinski definition) is 1. The van der Waals surface area contributed by atoms with Crippen molar-refractivity contribution in [2.75, 3.05) is 45.4 Å². The Bertz CT molecular complexity index is 1160. The van der Waals surface area contributed by atoms with Gasteiger partial charge in [0, 0.05) is 19.6 Å². The van der Waals surface area contributed by atoms with Crippen molar-refractivity contribution in [3.8, 4) is 17.2 Å². The SMILES string of the molecule is COc1ccc(CNC(=O)C(C)Sc2nnc(N3CCOCC3)n2-c2cccc(C)c2)cc1OC. The molecule has 1 N–H and O–H groups in total. The van der Waals surface area contributed by atoms with Crippen molar-refractivity contribution in [1.29, 1.82) is 0 Å². The lowest BCUT2D eigenvalue weighted by atomic mass is 10.2. The number of carbonyl (C=O) groups excluding carboxylic acids is 1. The molecular weight excluding hydrogens is 466 g/mol. The van der Waals surface area contributed by atoms with E-state index in [2.05, 4.69) is 39.5 Å². The van der Waals surface area contributed by atoms with Gasteiger partial charge in [-0.15, -0.1) is 10.2 Å². The van der Waals surface area contributed by atoms with E-state index in [1.165, 1.54) is 11.8 Å². The second-order valence-electron chi connectivity index (χ2n) is 8.22. The first-order valence-electron chi connectivity index (χ1n) is 11.5. The maximum Gasteiger partial charge on any atom is 0.233 e. The summed E-state index contributed by atoms with van der Waals surface area (Å²) in [6, 6.07) is 13.8. The van der Waals surface area contributed by atoms with Crippen LogP contribution in [0.2, 0.25) is 0 Å². The third-order valence-corrected chi connectivity index (χ3v) is 6.78. The zero-order valence-corrected chi connectivity index (χ0v) is 21.3. The van der Waals surface area contributed by atoms with Crippen molar-refractivity contribution in [2.45, 2.75) is 30.8 Å². The van der Waals surface area contributed by atoms with Crippen LogP contribution in [0.5, 0.6) is 11.5 Å². The predicted molar refractivity (Wildman–Crippen MR) is 136 cm³/mol. The number of ether oxygens (including phenoxy) is 3. The van der Waals surface area contributed by atoms with Crippen LogP contribution in [0.4, 0.5) is 5.95 Å². The highest BCUT2D eigenvalue weighted by atomic mass is 32.2. The molecule has 1 saturated heterocycles. The van der Waals surface area contributed by atoms with Crippen molar-refractivity contribution >= 4 is 23.6 Å². The van der Waals surface area contributed by atoms with Crippen LogP contribution in [0.25, 0.3) is 5.69 Å². The molecule has 0 spiro atoms. The number of benzene rings is 2. The van der Waals surface area contributed by atoms with Gasteiger partial charge in [0.05, 0.1) is 38.4 Å². The zero-order chi connectivity index (χ0) is 24.8. The molecule has 1 aliphatic heterocycles. The summed E-state index contributed by atoms with van der Waals surface area (Å²) in [7, 11) is 3.19. The molecule has 186 valence electrons. The summed E-state index contributed by atoms with van der Waals surface area (Å²) in [6.07, 6.45) is 0. The van der Waals surface area contributed by atoms with E-state index in [-0.39, 0.29) is 11.2 Å². The quantitative estimate of drug-likeness (QED) is 0.451. The van der Waals surface area contributed by atoms with Gasteiger partial charge in [-0.05, 0) is 49.2 Å². The second kappa shape index (κ2) is 11.5. The van der Waals surface area contributed by atoms with Gasteiger partial charge in [0.1, 0.15) is 0 Å². The minimum atomic E-state index is -0.375. The number of methoxy groups -OCH3 is 2. The second-order valence-corrected chi connectivity index (χ2v) is 9.53. The molecule has 2 heterocycles. The van der Waals surface area contributed by atoms with E-state index in [9.17, 15) is 4.79 Å². The van der Waals surface area contributed by atoms with Gasteiger partial charge in [-0.3, -0.25) is 9.36 Å². The normalized spacial score (nSPS) is 14.5. The number of thioether (sulfide) groups is 1. The lowest BCUT2D eigenvalue weighted by Crippen LogP contribution is -2.38. The van der Waals surface area contributed by atoms with Crippen molar-refractivity contribution in [3.05, 3.63) is 53.6 Å². The molecule has 35 heavy (non-hydrogen) atoms. The van der Waals surface area contributed by atoms with Crippen LogP contribution < -0.4 is 19.7 Å². The molecule has 0 saturated carbocycles. The number of morpholine rings is 1. The number of aromatic nitrogens is 3. The standard InChI is InChI=1S/C25H31N5O4S/c1-17-6-5-7-20(14-17)30-24(29-10-12-34-13-11-29)27-28-25(30)35-18(2)23(31)26-16-19-8-9-21(32-3)22(15-19)33-4/h5-9,14-15,18H,10-13,16H2,1-4H3,(H,26,31). The number of nitrogens with zero attached hydrogens (tertiary/aromatic N) is 4. The van der Waals surface area contributed by atoms with Crippen LogP contribution in [0.1, 0.15) is 18.1 Å². The van der Waals surface area contributed by atoms with Gasteiger partial charge in [0.15, 0.2) is 16.7 Å². The summed E-state index contributed by atoms with van der Waals surface area (Å²) < 4.78 is 18.2. The first kappa shape index (κ1) is 24.9. The van der Waals surface area contributed by atoms with Crippen molar-refractivity contribution in [2.24, 2.45) is 0 Å². The molecule has 0 radical (unpaired) electrons. The summed E-state index contributed by atoms with van der Waals surface area (Å²) in [6.45, 7) is 7.10. The Labute approximate surface area is 209 Å². The molecule has 1 amide bonds. The Morgan fingerprint density at radius 3 is 2.60 bits per heavy atom. The van der Waals surface area contributed by atoms with Gasteiger partial charge in [-0.2, -0.15) is 0 Å². The van der Waals surface area contributed by atoms with Crippen LogP contribution in [0, 0.1) is 6.92 Å². The van der Waals surface area contributed by atoms with Gasteiger partial charge < -0.3 is 24.4 Å². The Hall–Kier alpha value is -3.24. The molecule has 1 aliphatic rings. The monoisotopic (exact) mass is 497 g/mol. The summed E-state index contributed by atoms with van der Waals surface area (Å²) in [5.41, 5.74) is 3.03. The molecule has 0 aliphatic carbocycles. The molecule has 1 unspecified atom stereocenters. The highest BCUT2D eigenvalue weighted by Gasteiger charge is 2.25. The third-order valence-electron chi connectivity index (χ3n) is 5.74. The Morgan fingerprint density at radius 2 is 1.89 bits per heavy atom. The molecule has 9 nitrogen and oxygen atoms in total. The van der Waals surface area contributed by atoms with E-state index in [0.717, 1.165) is 35.9 Å². The lowest BCUT2D eigenvalue weighted by Gasteiger charge is -2.28. The summed E-state index contributed by atoms with van der Waals surface area (Å²) in [4.78, 5) is 15.1. The number of rotatable bonds is 9. The van der Waals surface area contributed by atoms with E-state index in [1.807, 2.05) is 41.8 Å². The van der Waals surface area contributed by atoms with E-state index < -0.39 is 0 Å². The fourth-order valence-electron chi connectivity index (χ4n) is 3.83. The van der Waals surface area contributed by atoms with E-state index in [0.29, 0.717) is 36.4 Å². The number of nitrogens with one attached hydrogen (secondary N) is 1. The Morgan fingerprint density at radius 1 is 1.11 bits per heavy atom. The Kier molecular flexibility index (Phi) is 8.14. The van der Waals surface area contributed by atoms with Crippen LogP contribution in [-0.2, 0) is 16.1 Å². The molecule has 1 aromatic heterocycles.